The van der Waals surface area contributed by atoms with Crippen LogP contribution in [0.3, 0.4) is 0 Å². The lowest BCUT2D eigenvalue weighted by molar-refractivity contribution is 0.630. The molecule has 0 amide bonds. The normalized spacial score (nSPS) is 11.3. The van der Waals surface area contributed by atoms with E-state index in [0.29, 0.717) is 11.3 Å². The number of thiazole rings is 1. The van der Waals surface area contributed by atoms with E-state index in [2.05, 4.69) is 32.1 Å². The highest BCUT2D eigenvalue weighted by Gasteiger charge is 2.16. The SMILES string of the molecule is Cn1cc(-c2ccc3nc(Br)sc3c2)c(-c2ccccc2F)n1. The Morgan fingerprint density at radius 3 is 2.78 bits per heavy atom. The summed E-state index contributed by atoms with van der Waals surface area (Å²) in [6.45, 7) is 0. The van der Waals surface area contributed by atoms with E-state index in [0.717, 1.165) is 25.3 Å². The Hall–Kier alpha value is -2.05. The second-order valence-electron chi connectivity index (χ2n) is 5.19. The Kier molecular flexibility index (Phi) is 3.50. The summed E-state index contributed by atoms with van der Waals surface area (Å²) in [5.74, 6) is -0.269. The molecule has 0 fully saturated rings. The molecule has 0 saturated heterocycles. The highest BCUT2D eigenvalue weighted by Crippen LogP contribution is 2.35. The average Bonchev–Trinajstić information content (AvgIpc) is 3.08. The van der Waals surface area contributed by atoms with E-state index < -0.39 is 0 Å². The zero-order valence-corrected chi connectivity index (χ0v) is 14.5. The number of nitrogens with zero attached hydrogens (tertiary/aromatic N) is 3. The van der Waals surface area contributed by atoms with Gasteiger partial charge in [-0.2, -0.15) is 5.10 Å². The fourth-order valence-corrected chi connectivity index (χ4v) is 4.06. The highest BCUT2D eigenvalue weighted by molar-refractivity contribution is 9.11. The van der Waals surface area contributed by atoms with Gasteiger partial charge in [0.05, 0.1) is 10.2 Å². The molecule has 0 aliphatic rings. The molecule has 2 aromatic carbocycles. The Morgan fingerprint density at radius 2 is 1.96 bits per heavy atom. The summed E-state index contributed by atoms with van der Waals surface area (Å²) in [5, 5.41) is 4.46. The zero-order valence-electron chi connectivity index (χ0n) is 12.1. The summed E-state index contributed by atoms with van der Waals surface area (Å²) in [7, 11) is 1.84. The van der Waals surface area contributed by atoms with Gasteiger partial charge in [-0.1, -0.05) is 18.2 Å². The first-order valence-corrected chi connectivity index (χ1v) is 8.58. The molecule has 0 aliphatic carbocycles. The summed E-state index contributed by atoms with van der Waals surface area (Å²) < 4.78 is 17.8. The van der Waals surface area contributed by atoms with E-state index >= 15 is 0 Å². The molecule has 6 heteroatoms. The standard InChI is InChI=1S/C17H11BrFN3S/c1-22-9-12(16(21-22)11-4-2-3-5-13(11)19)10-6-7-14-15(8-10)23-17(18)20-14/h2-9H,1H3. The first kappa shape index (κ1) is 14.5. The molecular formula is C17H11BrFN3S. The molecule has 23 heavy (non-hydrogen) atoms. The molecule has 0 spiro atoms. The third-order valence-electron chi connectivity index (χ3n) is 3.63. The molecule has 2 heterocycles. The van der Waals surface area contributed by atoms with Crippen LogP contribution in [0.5, 0.6) is 0 Å². The minimum atomic E-state index is -0.269. The molecule has 3 nitrogen and oxygen atoms in total. The Bertz CT molecular complexity index is 1020. The van der Waals surface area contributed by atoms with Crippen LogP contribution in [-0.4, -0.2) is 14.8 Å². The van der Waals surface area contributed by atoms with Crippen molar-refractivity contribution in [2.24, 2.45) is 7.05 Å². The van der Waals surface area contributed by atoms with Crippen LogP contribution in [0, 0.1) is 5.82 Å². The van der Waals surface area contributed by atoms with Crippen molar-refractivity contribution in [2.75, 3.05) is 0 Å². The summed E-state index contributed by atoms with van der Waals surface area (Å²) >= 11 is 4.99. The zero-order chi connectivity index (χ0) is 16.0. The maximum atomic E-state index is 14.2. The second kappa shape index (κ2) is 5.54. The monoisotopic (exact) mass is 387 g/mol. The van der Waals surface area contributed by atoms with Crippen LogP contribution in [0.2, 0.25) is 0 Å². The summed E-state index contributed by atoms with van der Waals surface area (Å²) in [6.07, 6.45) is 1.92. The number of aryl methyl sites for hydroxylation is 1. The van der Waals surface area contributed by atoms with E-state index in [1.54, 1.807) is 28.2 Å². The molecule has 0 unspecified atom stereocenters. The Morgan fingerprint density at radius 1 is 1.13 bits per heavy atom. The van der Waals surface area contributed by atoms with Crippen LogP contribution in [0.4, 0.5) is 4.39 Å². The predicted molar refractivity (Wildman–Crippen MR) is 94.9 cm³/mol. The third-order valence-corrected chi connectivity index (χ3v) is 5.10. The lowest BCUT2D eigenvalue weighted by Gasteiger charge is -2.04. The van der Waals surface area contributed by atoms with Crippen LogP contribution in [0.25, 0.3) is 32.6 Å². The van der Waals surface area contributed by atoms with Gasteiger partial charge in [-0.05, 0) is 45.8 Å². The van der Waals surface area contributed by atoms with Crippen LogP contribution < -0.4 is 0 Å². The predicted octanol–water partition coefficient (Wildman–Crippen LogP) is 5.27. The van der Waals surface area contributed by atoms with Gasteiger partial charge in [-0.25, -0.2) is 9.37 Å². The first-order chi connectivity index (χ1) is 11.1. The van der Waals surface area contributed by atoms with Crippen molar-refractivity contribution in [3.05, 3.63) is 58.4 Å². The lowest BCUT2D eigenvalue weighted by Crippen LogP contribution is -1.90. The molecule has 0 atom stereocenters. The molecule has 0 N–H and O–H groups in total. The van der Waals surface area contributed by atoms with Crippen LogP contribution in [0.1, 0.15) is 0 Å². The van der Waals surface area contributed by atoms with Crippen molar-refractivity contribution in [3.8, 4) is 22.4 Å². The number of hydrogen-bond donors (Lipinski definition) is 0. The molecule has 4 aromatic rings. The maximum absolute atomic E-state index is 14.2. The molecule has 2 aromatic heterocycles. The fourth-order valence-electron chi connectivity index (χ4n) is 2.62. The summed E-state index contributed by atoms with van der Waals surface area (Å²) in [6, 6.07) is 12.8. The third kappa shape index (κ3) is 2.58. The number of hydrogen-bond acceptors (Lipinski definition) is 3. The quantitative estimate of drug-likeness (QED) is 0.469. The van der Waals surface area contributed by atoms with E-state index in [1.807, 2.05) is 31.4 Å². The summed E-state index contributed by atoms with van der Waals surface area (Å²) in [4.78, 5) is 4.40. The van der Waals surface area contributed by atoms with Crippen molar-refractivity contribution >= 4 is 37.5 Å². The van der Waals surface area contributed by atoms with E-state index in [-0.39, 0.29) is 5.82 Å². The van der Waals surface area contributed by atoms with Crippen molar-refractivity contribution in [1.82, 2.24) is 14.8 Å². The van der Waals surface area contributed by atoms with Gasteiger partial charge in [-0.15, -0.1) is 11.3 Å². The molecule has 4 rings (SSSR count). The molecule has 0 bridgehead atoms. The van der Waals surface area contributed by atoms with Crippen molar-refractivity contribution in [1.29, 1.82) is 0 Å². The number of halogens is 2. The van der Waals surface area contributed by atoms with Crippen molar-refractivity contribution in [2.45, 2.75) is 0 Å². The van der Waals surface area contributed by atoms with Crippen molar-refractivity contribution < 1.29 is 4.39 Å². The molecular weight excluding hydrogens is 377 g/mol. The number of fused-ring (bicyclic) bond motifs is 1. The van der Waals surface area contributed by atoms with Gasteiger partial charge in [0.15, 0.2) is 3.92 Å². The number of benzene rings is 2. The largest absolute Gasteiger partial charge is 0.275 e. The van der Waals surface area contributed by atoms with Gasteiger partial charge in [0.1, 0.15) is 11.5 Å². The van der Waals surface area contributed by atoms with Crippen LogP contribution in [-0.2, 0) is 7.05 Å². The Labute approximate surface area is 144 Å². The smallest absolute Gasteiger partial charge is 0.160 e. The Balaban J connectivity index is 1.93. The van der Waals surface area contributed by atoms with E-state index in [9.17, 15) is 4.39 Å². The second-order valence-corrected chi connectivity index (χ2v) is 7.50. The maximum Gasteiger partial charge on any atom is 0.160 e. The molecule has 0 saturated carbocycles. The number of rotatable bonds is 2. The van der Waals surface area contributed by atoms with E-state index in [1.165, 1.54) is 6.07 Å². The fraction of sp³-hybridized carbons (Fsp3) is 0.0588. The minimum Gasteiger partial charge on any atom is -0.275 e. The van der Waals surface area contributed by atoms with Gasteiger partial charge < -0.3 is 0 Å². The topological polar surface area (TPSA) is 30.7 Å². The molecule has 114 valence electrons. The minimum absolute atomic E-state index is 0.269. The van der Waals surface area contributed by atoms with Crippen molar-refractivity contribution in [3.63, 3.8) is 0 Å². The van der Waals surface area contributed by atoms with Gasteiger partial charge in [-0.3, -0.25) is 4.68 Å². The lowest BCUT2D eigenvalue weighted by atomic mass is 10.0. The first-order valence-electron chi connectivity index (χ1n) is 6.97. The van der Waals surface area contributed by atoms with Gasteiger partial charge >= 0.3 is 0 Å². The van der Waals surface area contributed by atoms with Gasteiger partial charge in [0.25, 0.3) is 0 Å². The van der Waals surface area contributed by atoms with Crippen LogP contribution in [0.15, 0.2) is 52.6 Å². The number of aromatic nitrogens is 3. The molecule has 0 radical (unpaired) electrons. The average molecular weight is 388 g/mol. The van der Waals surface area contributed by atoms with Gasteiger partial charge in [0, 0.05) is 24.4 Å². The van der Waals surface area contributed by atoms with Gasteiger partial charge in [0.2, 0.25) is 0 Å². The van der Waals surface area contributed by atoms with Crippen LogP contribution >= 0.6 is 27.3 Å². The highest BCUT2D eigenvalue weighted by atomic mass is 79.9. The summed E-state index contributed by atoms with van der Waals surface area (Å²) in [5.41, 5.74) is 4.01. The molecule has 0 aliphatic heterocycles. The van der Waals surface area contributed by atoms with E-state index in [4.69, 9.17) is 0 Å².